The smallest absolute Gasteiger partial charge is 0.312 e. The van der Waals surface area contributed by atoms with E-state index in [0.717, 1.165) is 0 Å². The number of anilines is 1. The third-order valence-corrected chi connectivity index (χ3v) is 3.62. The normalized spacial score (nSPS) is 16.4. The van der Waals surface area contributed by atoms with E-state index in [1.807, 2.05) is 0 Å². The van der Waals surface area contributed by atoms with Crippen molar-refractivity contribution in [3.63, 3.8) is 0 Å². The number of nitrogens with one attached hydrogen (secondary N) is 1. The molecule has 0 spiro atoms. The maximum Gasteiger partial charge on any atom is 0.312 e. The Morgan fingerprint density at radius 3 is 2.95 bits per heavy atom. The Hall–Kier alpha value is -1.40. The molecule has 19 heavy (non-hydrogen) atoms. The highest BCUT2D eigenvalue weighted by Gasteiger charge is 2.29. The zero-order chi connectivity index (χ0) is 14.0. The Bertz CT molecular complexity index is 479. The third-order valence-electron chi connectivity index (χ3n) is 3.41. The zero-order valence-corrected chi connectivity index (χ0v) is 11.7. The predicted octanol–water partition coefficient (Wildman–Crippen LogP) is 2.54. The van der Waals surface area contributed by atoms with Gasteiger partial charge in [-0.2, -0.15) is 0 Å². The number of nitrogens with zero attached hydrogens (tertiary/aromatic N) is 3. The first kappa shape index (κ1) is 14.0. The average molecular weight is 285 g/mol. The Labute approximate surface area is 116 Å². The van der Waals surface area contributed by atoms with Gasteiger partial charge in [0.05, 0.1) is 9.95 Å². The lowest BCUT2D eigenvalue weighted by Gasteiger charge is -2.24. The Morgan fingerprint density at radius 1 is 1.68 bits per heavy atom. The van der Waals surface area contributed by atoms with Crippen LogP contribution in [0.5, 0.6) is 0 Å². The molecule has 104 valence electrons. The van der Waals surface area contributed by atoms with E-state index >= 15 is 0 Å². The molecule has 7 heteroatoms. The van der Waals surface area contributed by atoms with Crippen molar-refractivity contribution in [2.24, 2.45) is 0 Å². The Morgan fingerprint density at radius 2 is 2.37 bits per heavy atom. The van der Waals surface area contributed by atoms with Crippen LogP contribution in [0.4, 0.5) is 11.5 Å². The highest BCUT2D eigenvalue weighted by molar-refractivity contribution is 6.30. The van der Waals surface area contributed by atoms with E-state index in [1.54, 1.807) is 0 Å². The maximum atomic E-state index is 10.9. The van der Waals surface area contributed by atoms with Crippen LogP contribution < -0.4 is 5.32 Å². The zero-order valence-electron chi connectivity index (χ0n) is 11.0. The van der Waals surface area contributed by atoms with Crippen LogP contribution in [0, 0.1) is 10.1 Å². The predicted molar refractivity (Wildman–Crippen MR) is 74.6 cm³/mol. The van der Waals surface area contributed by atoms with E-state index in [-0.39, 0.29) is 16.5 Å². The lowest BCUT2D eigenvalue weighted by Crippen LogP contribution is -2.36. The van der Waals surface area contributed by atoms with Crippen LogP contribution in [0.3, 0.4) is 0 Å². The largest absolute Gasteiger partial charge is 0.363 e. The standard InChI is InChI=1S/C12H17ClN4O2/c1-8(16(2)10-3-4-10)6-14-12-11(17(18)19)5-9(13)7-15-12/h5,7-8,10H,3-4,6H2,1-2H3,(H,14,15). The van der Waals surface area contributed by atoms with Crippen molar-refractivity contribution in [3.8, 4) is 0 Å². The van der Waals surface area contributed by atoms with Gasteiger partial charge in [-0.25, -0.2) is 4.98 Å². The van der Waals surface area contributed by atoms with E-state index in [1.165, 1.54) is 25.1 Å². The number of likely N-dealkylation sites (N-methyl/N-ethyl adjacent to an activating group) is 1. The van der Waals surface area contributed by atoms with Gasteiger partial charge in [0.2, 0.25) is 5.82 Å². The molecule has 1 fully saturated rings. The second kappa shape index (κ2) is 5.71. The lowest BCUT2D eigenvalue weighted by atomic mass is 10.3. The van der Waals surface area contributed by atoms with Crippen molar-refractivity contribution < 1.29 is 4.92 Å². The fraction of sp³-hybridized carbons (Fsp3) is 0.583. The lowest BCUT2D eigenvalue weighted by molar-refractivity contribution is -0.384. The van der Waals surface area contributed by atoms with Gasteiger partial charge in [-0.3, -0.25) is 15.0 Å². The van der Waals surface area contributed by atoms with Gasteiger partial charge >= 0.3 is 5.69 Å². The summed E-state index contributed by atoms with van der Waals surface area (Å²) < 4.78 is 0. The summed E-state index contributed by atoms with van der Waals surface area (Å²) >= 11 is 5.72. The molecule has 0 radical (unpaired) electrons. The van der Waals surface area contributed by atoms with Crippen LogP contribution >= 0.6 is 11.6 Å². The summed E-state index contributed by atoms with van der Waals surface area (Å²) in [7, 11) is 2.08. The van der Waals surface area contributed by atoms with E-state index in [2.05, 4.69) is 29.2 Å². The van der Waals surface area contributed by atoms with Crippen molar-refractivity contribution in [1.82, 2.24) is 9.88 Å². The van der Waals surface area contributed by atoms with Gasteiger partial charge in [0, 0.05) is 30.9 Å². The molecule has 2 rings (SSSR count). The molecule has 6 nitrogen and oxygen atoms in total. The fourth-order valence-corrected chi connectivity index (χ4v) is 2.09. The summed E-state index contributed by atoms with van der Waals surface area (Å²) in [5, 5.41) is 14.2. The molecule has 1 saturated carbocycles. The molecule has 1 N–H and O–H groups in total. The van der Waals surface area contributed by atoms with Crippen LogP contribution in [-0.4, -0.2) is 40.5 Å². The van der Waals surface area contributed by atoms with Crippen LogP contribution in [0.15, 0.2) is 12.3 Å². The minimum Gasteiger partial charge on any atom is -0.363 e. The molecule has 1 aliphatic carbocycles. The van der Waals surface area contributed by atoms with Crippen LogP contribution in [0.1, 0.15) is 19.8 Å². The molecule has 1 heterocycles. The average Bonchev–Trinajstić information content (AvgIpc) is 3.20. The van der Waals surface area contributed by atoms with E-state index in [0.29, 0.717) is 18.6 Å². The summed E-state index contributed by atoms with van der Waals surface area (Å²) in [5.74, 6) is 0.269. The SMILES string of the molecule is CC(CNc1ncc(Cl)cc1[N+](=O)[O-])N(C)C1CC1. The Balaban J connectivity index is 2.00. The number of aromatic nitrogens is 1. The topological polar surface area (TPSA) is 71.3 Å². The van der Waals surface area contributed by atoms with E-state index in [9.17, 15) is 10.1 Å². The van der Waals surface area contributed by atoms with Gasteiger partial charge in [0.1, 0.15) is 0 Å². The summed E-state index contributed by atoms with van der Waals surface area (Å²) in [6.45, 7) is 2.70. The highest BCUT2D eigenvalue weighted by Crippen LogP contribution is 2.28. The van der Waals surface area contributed by atoms with Gasteiger partial charge in [-0.05, 0) is 26.8 Å². The molecule has 0 aliphatic heterocycles. The van der Waals surface area contributed by atoms with Crippen molar-refractivity contribution in [3.05, 3.63) is 27.4 Å². The van der Waals surface area contributed by atoms with Crippen molar-refractivity contribution in [2.75, 3.05) is 18.9 Å². The van der Waals surface area contributed by atoms with E-state index < -0.39 is 4.92 Å². The molecular formula is C12H17ClN4O2. The van der Waals surface area contributed by atoms with Crippen molar-refractivity contribution >= 4 is 23.1 Å². The van der Waals surface area contributed by atoms with Gasteiger partial charge in [0.25, 0.3) is 0 Å². The molecule has 1 aliphatic rings. The van der Waals surface area contributed by atoms with E-state index in [4.69, 9.17) is 11.6 Å². The number of nitro groups is 1. The van der Waals surface area contributed by atoms with Crippen LogP contribution in [-0.2, 0) is 0 Å². The highest BCUT2D eigenvalue weighted by atomic mass is 35.5. The molecule has 0 amide bonds. The first-order chi connectivity index (χ1) is 8.99. The van der Waals surface area contributed by atoms with Gasteiger partial charge in [-0.15, -0.1) is 0 Å². The number of rotatable bonds is 6. The summed E-state index contributed by atoms with van der Waals surface area (Å²) in [5.41, 5.74) is -0.0891. The number of hydrogen-bond donors (Lipinski definition) is 1. The maximum absolute atomic E-state index is 10.9. The molecule has 1 atom stereocenters. The Kier molecular flexibility index (Phi) is 4.21. The second-order valence-corrected chi connectivity index (χ2v) is 5.34. The molecular weight excluding hydrogens is 268 g/mol. The minimum absolute atomic E-state index is 0.0891. The van der Waals surface area contributed by atoms with Gasteiger partial charge in [0.15, 0.2) is 0 Å². The molecule has 0 aromatic carbocycles. The summed E-state index contributed by atoms with van der Waals surface area (Å²) in [6.07, 6.45) is 3.88. The number of hydrogen-bond acceptors (Lipinski definition) is 5. The van der Waals surface area contributed by atoms with Crippen molar-refractivity contribution in [1.29, 1.82) is 0 Å². The fourth-order valence-electron chi connectivity index (χ4n) is 1.93. The van der Waals surface area contributed by atoms with Gasteiger partial charge < -0.3 is 5.32 Å². The molecule has 1 unspecified atom stereocenters. The van der Waals surface area contributed by atoms with Crippen LogP contribution in [0.2, 0.25) is 5.02 Å². The molecule has 1 aromatic heterocycles. The number of pyridine rings is 1. The first-order valence-corrected chi connectivity index (χ1v) is 6.62. The molecule has 0 saturated heterocycles. The first-order valence-electron chi connectivity index (χ1n) is 6.24. The van der Waals surface area contributed by atoms with Crippen molar-refractivity contribution in [2.45, 2.75) is 31.8 Å². The quantitative estimate of drug-likeness (QED) is 0.642. The number of halogens is 1. The summed E-state index contributed by atoms with van der Waals surface area (Å²) in [4.78, 5) is 16.7. The minimum atomic E-state index is -0.476. The molecule has 1 aromatic rings. The monoisotopic (exact) mass is 284 g/mol. The molecule has 0 bridgehead atoms. The summed E-state index contributed by atoms with van der Waals surface area (Å²) in [6, 6.07) is 2.26. The van der Waals surface area contributed by atoms with Gasteiger partial charge in [-0.1, -0.05) is 11.6 Å². The third kappa shape index (κ3) is 3.54. The second-order valence-electron chi connectivity index (χ2n) is 4.90. The van der Waals surface area contributed by atoms with Crippen LogP contribution in [0.25, 0.3) is 0 Å².